The van der Waals surface area contributed by atoms with Crippen LogP contribution in [0, 0.1) is 17.7 Å². The highest BCUT2D eigenvalue weighted by Gasteiger charge is 2.34. The monoisotopic (exact) mass is 701 g/mol. The number of hydrogen-bond acceptors (Lipinski definition) is 12. The number of esters is 2. The Morgan fingerprint density at radius 3 is 2.55 bits per heavy atom. The Morgan fingerprint density at radius 1 is 1.10 bits per heavy atom. The van der Waals surface area contributed by atoms with Gasteiger partial charge in [-0.15, -0.1) is 11.3 Å². The lowest BCUT2D eigenvalue weighted by atomic mass is 9.93. The number of anilines is 1. The molecule has 1 amide bonds. The smallest absolute Gasteiger partial charge is 0.350 e. The van der Waals surface area contributed by atoms with Gasteiger partial charge < -0.3 is 24.6 Å². The van der Waals surface area contributed by atoms with Gasteiger partial charge in [-0.1, -0.05) is 0 Å². The number of ether oxygens (including phenoxy) is 3. The van der Waals surface area contributed by atoms with E-state index in [-0.39, 0.29) is 34.9 Å². The number of aliphatic carboxylic acids is 1. The van der Waals surface area contributed by atoms with Gasteiger partial charge >= 0.3 is 17.9 Å². The molecule has 2 atom stereocenters. The molecule has 0 aromatic carbocycles. The molecule has 1 aliphatic rings. The van der Waals surface area contributed by atoms with E-state index >= 15 is 0 Å². The number of aromatic nitrogens is 6. The third-order valence-corrected chi connectivity index (χ3v) is 8.65. The number of pyridine rings is 1. The molecule has 4 heterocycles. The molecule has 0 radical (unpaired) electrons. The summed E-state index contributed by atoms with van der Waals surface area (Å²) in [6.45, 7) is 4.38. The van der Waals surface area contributed by atoms with E-state index in [1.165, 1.54) is 29.4 Å². The summed E-state index contributed by atoms with van der Waals surface area (Å²) in [5, 5.41) is 22.5. The van der Waals surface area contributed by atoms with Crippen molar-refractivity contribution < 1.29 is 47.3 Å². The minimum absolute atomic E-state index is 0.0228. The first kappa shape index (κ1) is 35.2. The van der Waals surface area contributed by atoms with E-state index in [0.717, 1.165) is 56.1 Å². The summed E-state index contributed by atoms with van der Waals surface area (Å²) in [5.41, 5.74) is 0.243. The van der Waals surface area contributed by atoms with Crippen molar-refractivity contribution in [2.24, 2.45) is 5.92 Å². The lowest BCUT2D eigenvalue weighted by molar-refractivity contribution is -0.177. The number of carbonyl (C=O) groups is 4. The Morgan fingerprint density at radius 2 is 1.86 bits per heavy atom. The quantitative estimate of drug-likeness (QED) is 0.147. The predicted molar refractivity (Wildman–Crippen MR) is 168 cm³/mol. The largest absolute Gasteiger partial charge is 0.481 e. The lowest BCUT2D eigenvalue weighted by Gasteiger charge is -2.28. The zero-order valence-electron chi connectivity index (χ0n) is 26.7. The maximum absolute atomic E-state index is 14.8. The highest BCUT2D eigenvalue weighted by atomic mass is 32.1. The molecule has 4 aromatic heterocycles. The van der Waals surface area contributed by atoms with Crippen LogP contribution in [-0.2, 0) is 35.3 Å². The fraction of sp³-hybridized carbons (Fsp3) is 0.419. The summed E-state index contributed by atoms with van der Waals surface area (Å²) in [6.07, 6.45) is 6.07. The Hall–Kier alpha value is -5.10. The topological polar surface area (TPSA) is 190 Å². The number of carbonyl (C=O) groups excluding carboxylic acids is 3. The molecule has 4 aromatic rings. The minimum atomic E-state index is -1.65. The van der Waals surface area contributed by atoms with Crippen molar-refractivity contribution in [2.45, 2.75) is 71.4 Å². The second kappa shape index (κ2) is 15.4. The molecule has 18 heteroatoms. The Bertz CT molecular complexity index is 1840. The van der Waals surface area contributed by atoms with Crippen LogP contribution in [0.15, 0.2) is 36.1 Å². The number of nitrogens with zero attached hydrogens (tertiary/aromatic N) is 6. The number of halogens is 2. The molecule has 1 fully saturated rings. The van der Waals surface area contributed by atoms with Gasteiger partial charge in [0.15, 0.2) is 12.5 Å². The molecule has 0 unspecified atom stereocenters. The van der Waals surface area contributed by atoms with Crippen LogP contribution < -0.4 is 5.32 Å². The van der Waals surface area contributed by atoms with Crippen LogP contribution >= 0.6 is 11.3 Å². The molecule has 0 saturated heterocycles. The van der Waals surface area contributed by atoms with Gasteiger partial charge in [-0.05, 0) is 51.7 Å². The van der Waals surface area contributed by atoms with Crippen LogP contribution in [0.25, 0.3) is 22.0 Å². The number of amides is 1. The fourth-order valence-electron chi connectivity index (χ4n) is 5.26. The molecule has 15 nitrogen and oxygen atoms in total. The normalized spacial score (nSPS) is 17.2. The average molecular weight is 702 g/mol. The molecule has 5 rings (SSSR count). The van der Waals surface area contributed by atoms with E-state index in [1.54, 1.807) is 10.9 Å². The maximum Gasteiger partial charge on any atom is 0.350 e. The number of nitrogens with one attached hydrogen (secondary N) is 1. The third kappa shape index (κ3) is 8.50. The fourth-order valence-corrected chi connectivity index (χ4v) is 6.03. The maximum atomic E-state index is 14.8. The molecule has 0 spiro atoms. The van der Waals surface area contributed by atoms with E-state index < -0.39 is 54.3 Å². The summed E-state index contributed by atoms with van der Waals surface area (Å²) >= 11 is 1.12. The second-order valence-electron chi connectivity index (χ2n) is 11.2. The minimum Gasteiger partial charge on any atom is -0.481 e. The van der Waals surface area contributed by atoms with Crippen molar-refractivity contribution in [2.75, 3.05) is 11.9 Å². The van der Waals surface area contributed by atoms with Crippen LogP contribution in [0.4, 0.5) is 14.5 Å². The molecule has 0 bridgehead atoms. The SMILES string of the molecule is CCOC1CCC(n2cc(NC(=O)c3csc(-c4cnn(COC(=O)[C@H](OC(C)=O)[C@@H](C)C(=O)O)c4)n3)c(-c3nc(F)ccc3F)n2)CC1. The number of rotatable bonds is 13. The average Bonchev–Trinajstić information content (AvgIpc) is 3.84. The van der Waals surface area contributed by atoms with Gasteiger partial charge in [0.25, 0.3) is 5.91 Å². The van der Waals surface area contributed by atoms with Crippen molar-refractivity contribution in [1.82, 2.24) is 29.5 Å². The predicted octanol–water partition coefficient (Wildman–Crippen LogP) is 4.47. The highest BCUT2D eigenvalue weighted by molar-refractivity contribution is 7.13. The highest BCUT2D eigenvalue weighted by Crippen LogP contribution is 2.35. The molecular weight excluding hydrogens is 668 g/mol. The van der Waals surface area contributed by atoms with Crippen molar-refractivity contribution in [3.8, 4) is 22.0 Å². The van der Waals surface area contributed by atoms with Crippen LogP contribution in [0.1, 0.15) is 63.0 Å². The van der Waals surface area contributed by atoms with Crippen LogP contribution in [0.3, 0.4) is 0 Å². The number of hydrogen-bond donors (Lipinski definition) is 2. The van der Waals surface area contributed by atoms with Crippen molar-refractivity contribution >= 4 is 40.8 Å². The first-order valence-electron chi connectivity index (χ1n) is 15.3. The van der Waals surface area contributed by atoms with E-state index in [0.29, 0.717) is 17.2 Å². The summed E-state index contributed by atoms with van der Waals surface area (Å²) in [6, 6.07) is 1.79. The first-order chi connectivity index (χ1) is 23.4. The number of carboxylic acid groups (broad SMARTS) is 1. The van der Waals surface area contributed by atoms with Crippen molar-refractivity contribution in [3.05, 3.63) is 53.6 Å². The van der Waals surface area contributed by atoms with Crippen molar-refractivity contribution in [1.29, 1.82) is 0 Å². The number of thiazole rings is 1. The van der Waals surface area contributed by atoms with Gasteiger partial charge in [-0.3, -0.25) is 19.1 Å². The van der Waals surface area contributed by atoms with Gasteiger partial charge in [-0.2, -0.15) is 14.6 Å². The van der Waals surface area contributed by atoms with Gasteiger partial charge in [0.1, 0.15) is 28.0 Å². The first-order valence-corrected chi connectivity index (χ1v) is 16.2. The summed E-state index contributed by atoms with van der Waals surface area (Å²) in [4.78, 5) is 56.6. The third-order valence-electron chi connectivity index (χ3n) is 7.76. The van der Waals surface area contributed by atoms with Crippen LogP contribution in [0.2, 0.25) is 0 Å². The molecule has 260 valence electrons. The Balaban J connectivity index is 1.29. The molecule has 49 heavy (non-hydrogen) atoms. The molecule has 1 aliphatic carbocycles. The van der Waals surface area contributed by atoms with Crippen molar-refractivity contribution in [3.63, 3.8) is 0 Å². The van der Waals surface area contributed by atoms with E-state index in [1.807, 2.05) is 6.92 Å². The van der Waals surface area contributed by atoms with Gasteiger partial charge in [0, 0.05) is 36.9 Å². The van der Waals surface area contributed by atoms with Crippen LogP contribution in [-0.4, -0.2) is 77.3 Å². The Kier molecular flexibility index (Phi) is 11.1. The number of carboxylic acids is 1. The van der Waals surface area contributed by atoms with E-state index in [4.69, 9.17) is 14.2 Å². The molecule has 2 N–H and O–H groups in total. The van der Waals surface area contributed by atoms with E-state index in [9.17, 15) is 33.1 Å². The summed E-state index contributed by atoms with van der Waals surface area (Å²) in [5.74, 6) is -6.95. The van der Waals surface area contributed by atoms with Gasteiger partial charge in [-0.25, -0.2) is 23.8 Å². The summed E-state index contributed by atoms with van der Waals surface area (Å²) in [7, 11) is 0. The zero-order chi connectivity index (χ0) is 35.2. The standard InChI is InChI=1S/C31H33F2N7O8S/c1-4-46-20-7-5-19(6-8-20)40-13-22(26(38-40)25-21(32)9-10-24(33)37-25)35-28(42)23-14-49-29(36-23)18-11-34-39(12-18)15-47-31(45)27(48-17(3)41)16(2)30(43)44/h9-14,16,19-20,27H,4-8,15H2,1-3H3,(H,35,42)(H,43,44)/t16-,19?,20?,27-/m1/s1. The molecule has 0 aliphatic heterocycles. The van der Waals surface area contributed by atoms with E-state index in [2.05, 4.69) is 25.5 Å². The van der Waals surface area contributed by atoms with Gasteiger partial charge in [0.2, 0.25) is 12.1 Å². The Labute approximate surface area is 282 Å². The van der Waals surface area contributed by atoms with Gasteiger partial charge in [0.05, 0.1) is 24.0 Å². The lowest BCUT2D eigenvalue weighted by Crippen LogP contribution is -2.38. The molecular formula is C31H33F2N7O8S. The molecule has 1 saturated carbocycles. The second-order valence-corrected chi connectivity index (χ2v) is 12.1. The van der Waals surface area contributed by atoms with Crippen LogP contribution in [0.5, 0.6) is 0 Å². The zero-order valence-corrected chi connectivity index (χ0v) is 27.5. The summed E-state index contributed by atoms with van der Waals surface area (Å²) < 4.78 is 47.5.